The highest BCUT2D eigenvalue weighted by Crippen LogP contribution is 2.39. The van der Waals surface area contributed by atoms with Crippen molar-refractivity contribution in [3.8, 4) is 11.5 Å². The van der Waals surface area contributed by atoms with E-state index in [1.54, 1.807) is 42.4 Å². The van der Waals surface area contributed by atoms with Crippen molar-refractivity contribution in [1.82, 2.24) is 4.90 Å². The number of methoxy groups -OCH3 is 1. The van der Waals surface area contributed by atoms with Crippen molar-refractivity contribution >= 4 is 46.2 Å². The molecule has 1 aliphatic heterocycles. The van der Waals surface area contributed by atoms with Crippen LogP contribution in [0.15, 0.2) is 70.6 Å². The summed E-state index contributed by atoms with van der Waals surface area (Å²) in [6, 6.07) is 17.4. The topological polar surface area (TPSA) is 51.1 Å². The zero-order valence-electron chi connectivity index (χ0n) is 19.5. The molecule has 0 radical (unpaired) electrons. The lowest BCUT2D eigenvalue weighted by Crippen LogP contribution is -2.28. The van der Waals surface area contributed by atoms with Crippen molar-refractivity contribution in [2.75, 3.05) is 13.7 Å². The first kappa shape index (κ1) is 24.8. The largest absolute Gasteiger partial charge is 0.493 e. The number of amidine groups is 1. The van der Waals surface area contributed by atoms with Crippen molar-refractivity contribution in [1.29, 1.82) is 0 Å². The van der Waals surface area contributed by atoms with E-state index in [9.17, 15) is 9.18 Å². The summed E-state index contributed by atoms with van der Waals surface area (Å²) in [6.07, 6.45) is 1.75. The number of hydrogen-bond acceptors (Lipinski definition) is 5. The van der Waals surface area contributed by atoms with Crippen LogP contribution in [-0.2, 0) is 11.4 Å². The number of carbonyl (C=O) groups is 1. The number of nitrogens with zero attached hydrogens (tertiary/aromatic N) is 2. The first-order valence-corrected chi connectivity index (χ1v) is 12.2. The van der Waals surface area contributed by atoms with E-state index >= 15 is 0 Å². The number of carbonyl (C=O) groups excluding carboxylic acids is 1. The summed E-state index contributed by atoms with van der Waals surface area (Å²) in [7, 11) is 1.55. The number of benzene rings is 3. The Kier molecular flexibility index (Phi) is 7.78. The summed E-state index contributed by atoms with van der Waals surface area (Å²) in [5.74, 6) is 0.416. The SMILES string of the molecule is CCN1C(=O)/C(=C\c2cc(Cl)c(OCc3cccc(C)c3)c(OC)c2)SC1=Nc1ccc(F)cc1. The van der Waals surface area contributed by atoms with E-state index in [-0.39, 0.29) is 11.7 Å². The molecule has 0 saturated carbocycles. The molecule has 0 aliphatic carbocycles. The van der Waals surface area contributed by atoms with Crippen LogP contribution in [0.25, 0.3) is 6.08 Å². The van der Waals surface area contributed by atoms with Gasteiger partial charge in [-0.05, 0) is 79.2 Å². The molecule has 5 nitrogen and oxygen atoms in total. The third kappa shape index (κ3) is 5.86. The molecule has 0 unspecified atom stereocenters. The van der Waals surface area contributed by atoms with Gasteiger partial charge in [0.2, 0.25) is 0 Å². The number of aryl methyl sites for hydroxylation is 1. The number of likely N-dealkylation sites (N-methyl/N-ethyl adjacent to an activating group) is 1. The van der Waals surface area contributed by atoms with Gasteiger partial charge in [-0.25, -0.2) is 9.38 Å². The van der Waals surface area contributed by atoms with Crippen LogP contribution < -0.4 is 9.47 Å². The van der Waals surface area contributed by atoms with Gasteiger partial charge in [0.1, 0.15) is 12.4 Å². The minimum absolute atomic E-state index is 0.159. The third-order valence-electron chi connectivity index (χ3n) is 5.27. The van der Waals surface area contributed by atoms with Gasteiger partial charge in [-0.1, -0.05) is 41.4 Å². The Morgan fingerprint density at radius 1 is 1.14 bits per heavy atom. The quantitative estimate of drug-likeness (QED) is 0.321. The molecule has 3 aromatic carbocycles. The van der Waals surface area contributed by atoms with Crippen LogP contribution in [-0.4, -0.2) is 29.6 Å². The van der Waals surface area contributed by atoms with Gasteiger partial charge in [0.05, 0.1) is 22.7 Å². The molecule has 1 aliphatic rings. The van der Waals surface area contributed by atoms with Crippen LogP contribution in [0.3, 0.4) is 0 Å². The fraction of sp³-hybridized carbons (Fsp3) is 0.185. The Morgan fingerprint density at radius 3 is 2.60 bits per heavy atom. The summed E-state index contributed by atoms with van der Waals surface area (Å²) in [4.78, 5) is 19.6. The Morgan fingerprint density at radius 2 is 1.91 bits per heavy atom. The number of ether oxygens (including phenoxy) is 2. The van der Waals surface area contributed by atoms with Gasteiger partial charge in [0.25, 0.3) is 5.91 Å². The van der Waals surface area contributed by atoms with E-state index in [4.69, 9.17) is 21.1 Å². The van der Waals surface area contributed by atoms with Crippen LogP contribution >= 0.6 is 23.4 Å². The van der Waals surface area contributed by atoms with Gasteiger partial charge in [-0.15, -0.1) is 0 Å². The fourth-order valence-electron chi connectivity index (χ4n) is 3.57. The molecule has 4 rings (SSSR count). The molecule has 0 spiro atoms. The lowest BCUT2D eigenvalue weighted by molar-refractivity contribution is -0.122. The predicted molar refractivity (Wildman–Crippen MR) is 140 cm³/mol. The highest BCUT2D eigenvalue weighted by Gasteiger charge is 2.32. The fourth-order valence-corrected chi connectivity index (χ4v) is 4.90. The highest BCUT2D eigenvalue weighted by molar-refractivity contribution is 8.18. The predicted octanol–water partition coefficient (Wildman–Crippen LogP) is 7.00. The van der Waals surface area contributed by atoms with Gasteiger partial charge in [0.15, 0.2) is 16.7 Å². The van der Waals surface area contributed by atoms with E-state index in [1.807, 2.05) is 38.1 Å². The molecular weight excluding hydrogens is 487 g/mol. The molecule has 35 heavy (non-hydrogen) atoms. The van der Waals surface area contributed by atoms with Crippen molar-refractivity contribution in [2.45, 2.75) is 20.5 Å². The molecular formula is C27H24ClFN2O3S. The summed E-state index contributed by atoms with van der Waals surface area (Å²) >= 11 is 7.80. The monoisotopic (exact) mass is 510 g/mol. The first-order chi connectivity index (χ1) is 16.9. The molecule has 180 valence electrons. The van der Waals surface area contributed by atoms with Gasteiger partial charge >= 0.3 is 0 Å². The normalized spacial score (nSPS) is 15.8. The smallest absolute Gasteiger partial charge is 0.266 e. The maximum atomic E-state index is 13.2. The maximum absolute atomic E-state index is 13.2. The number of hydrogen-bond donors (Lipinski definition) is 0. The molecule has 1 saturated heterocycles. The average Bonchev–Trinajstić information content (AvgIpc) is 3.13. The van der Waals surface area contributed by atoms with Crippen LogP contribution in [0.1, 0.15) is 23.6 Å². The number of thioether (sulfide) groups is 1. The van der Waals surface area contributed by atoms with E-state index in [1.165, 1.54) is 23.9 Å². The van der Waals surface area contributed by atoms with Crippen LogP contribution in [0.4, 0.5) is 10.1 Å². The molecule has 0 aromatic heterocycles. The Hall–Kier alpha value is -3.29. The lowest BCUT2D eigenvalue weighted by atomic mass is 10.1. The van der Waals surface area contributed by atoms with Crippen molar-refractivity contribution < 1.29 is 18.7 Å². The highest BCUT2D eigenvalue weighted by atomic mass is 35.5. The average molecular weight is 511 g/mol. The number of halogens is 2. The molecule has 0 atom stereocenters. The standard InChI is InChI=1S/C27H24ClFN2O3S/c1-4-31-26(32)24(35-27(31)30-21-10-8-20(29)9-11-21)15-19-13-22(28)25(23(14-19)33-3)34-16-18-7-5-6-17(2)12-18/h5-15H,4,16H2,1-3H3/b24-15+,30-27?. The molecule has 0 bridgehead atoms. The molecule has 0 N–H and O–H groups in total. The van der Waals surface area contributed by atoms with Gasteiger partial charge in [-0.3, -0.25) is 9.69 Å². The van der Waals surface area contributed by atoms with E-state index in [2.05, 4.69) is 4.99 Å². The van der Waals surface area contributed by atoms with Gasteiger partial charge in [-0.2, -0.15) is 0 Å². The van der Waals surface area contributed by atoms with Crippen molar-refractivity contribution in [3.63, 3.8) is 0 Å². The molecule has 1 heterocycles. The van der Waals surface area contributed by atoms with E-state index in [0.717, 1.165) is 11.1 Å². The third-order valence-corrected chi connectivity index (χ3v) is 6.56. The number of aliphatic imine (C=N–C) groups is 1. The summed E-state index contributed by atoms with van der Waals surface area (Å²) in [5, 5.41) is 0.915. The van der Waals surface area contributed by atoms with Crippen LogP contribution in [0.5, 0.6) is 11.5 Å². The first-order valence-electron chi connectivity index (χ1n) is 11.0. The molecule has 3 aromatic rings. The second kappa shape index (κ2) is 11.0. The van der Waals surface area contributed by atoms with Crippen LogP contribution in [0.2, 0.25) is 5.02 Å². The van der Waals surface area contributed by atoms with Crippen LogP contribution in [0, 0.1) is 12.7 Å². The van der Waals surface area contributed by atoms with Crippen molar-refractivity contribution in [3.05, 3.63) is 93.1 Å². The summed E-state index contributed by atoms with van der Waals surface area (Å²) < 4.78 is 24.7. The summed E-state index contributed by atoms with van der Waals surface area (Å²) in [6.45, 7) is 4.71. The minimum atomic E-state index is -0.339. The Balaban J connectivity index is 1.59. The van der Waals surface area contributed by atoms with E-state index < -0.39 is 0 Å². The van der Waals surface area contributed by atoms with Crippen molar-refractivity contribution in [2.24, 2.45) is 4.99 Å². The Labute approximate surface area is 213 Å². The van der Waals surface area contributed by atoms with Gasteiger partial charge in [0, 0.05) is 6.54 Å². The zero-order chi connectivity index (χ0) is 24.9. The molecule has 8 heteroatoms. The van der Waals surface area contributed by atoms with E-state index in [0.29, 0.717) is 51.0 Å². The minimum Gasteiger partial charge on any atom is -0.493 e. The molecule has 1 amide bonds. The Bertz CT molecular complexity index is 1310. The second-order valence-corrected chi connectivity index (χ2v) is 9.26. The molecule has 1 fully saturated rings. The second-order valence-electron chi connectivity index (χ2n) is 7.84. The maximum Gasteiger partial charge on any atom is 0.266 e. The zero-order valence-corrected chi connectivity index (χ0v) is 21.1. The summed E-state index contributed by atoms with van der Waals surface area (Å²) in [5.41, 5.74) is 3.44. The number of rotatable bonds is 7. The van der Waals surface area contributed by atoms with Gasteiger partial charge < -0.3 is 9.47 Å². The lowest BCUT2D eigenvalue weighted by Gasteiger charge is -2.14. The number of amides is 1.